The molecule has 0 aliphatic carbocycles. The Kier molecular flexibility index (Phi) is 4.18. The molecule has 0 N–H and O–H groups in total. The summed E-state index contributed by atoms with van der Waals surface area (Å²) in [5.74, 6) is 0.453. The van der Waals surface area contributed by atoms with Crippen molar-refractivity contribution in [3.05, 3.63) is 16.0 Å². The van der Waals surface area contributed by atoms with E-state index in [2.05, 4.69) is 42.5 Å². The topological polar surface area (TPSA) is 88.4 Å². The zero-order chi connectivity index (χ0) is 14.9. The molecule has 0 radical (unpaired) electrons. The Morgan fingerprint density at radius 1 is 1.30 bits per heavy atom. The van der Waals surface area contributed by atoms with Gasteiger partial charge in [0.05, 0.1) is 20.8 Å². The van der Waals surface area contributed by atoms with E-state index in [1.54, 1.807) is 17.4 Å². The number of pyridine rings is 1. The fourth-order valence-electron chi connectivity index (χ4n) is 1.41. The van der Waals surface area contributed by atoms with Gasteiger partial charge in [-0.2, -0.15) is 0 Å². The van der Waals surface area contributed by atoms with E-state index < -0.39 is 9.84 Å². The second-order valence-electron chi connectivity index (χ2n) is 4.32. The van der Waals surface area contributed by atoms with Crippen LogP contribution in [0.25, 0.3) is 10.9 Å². The highest BCUT2D eigenvalue weighted by molar-refractivity contribution is 14.1. The van der Waals surface area contributed by atoms with Gasteiger partial charge in [0.2, 0.25) is 15.0 Å². The average Bonchev–Trinajstić information content (AvgIpc) is 2.36. The first-order chi connectivity index (χ1) is 9.29. The minimum absolute atomic E-state index is 0.198. The number of halogens is 1. The van der Waals surface area contributed by atoms with Crippen LogP contribution in [0.3, 0.4) is 0 Å². The maximum atomic E-state index is 11.5. The summed E-state index contributed by atoms with van der Waals surface area (Å²) in [5.41, 5.74) is 0.530. The molecule has 2 heterocycles. The predicted octanol–water partition coefficient (Wildman–Crippen LogP) is 1.25. The van der Waals surface area contributed by atoms with E-state index in [0.717, 1.165) is 9.83 Å². The van der Waals surface area contributed by atoms with Gasteiger partial charge < -0.3 is 4.90 Å². The Bertz CT molecular complexity index is 789. The van der Waals surface area contributed by atoms with Crippen molar-refractivity contribution >= 4 is 55.5 Å². The Labute approximate surface area is 130 Å². The van der Waals surface area contributed by atoms with Gasteiger partial charge in [-0.05, 0) is 22.6 Å². The lowest BCUT2D eigenvalue weighted by atomic mass is 10.3. The van der Waals surface area contributed by atoms with Crippen LogP contribution in [0.4, 0.5) is 5.82 Å². The molecule has 0 aliphatic rings. The smallest absolute Gasteiger partial charge is 0.247 e. The minimum atomic E-state index is -3.44. The van der Waals surface area contributed by atoms with Crippen LogP contribution in [0.5, 0.6) is 0 Å². The van der Waals surface area contributed by atoms with Gasteiger partial charge in [0.15, 0.2) is 5.82 Å². The third-order valence-corrected chi connectivity index (χ3v) is 3.93. The fraction of sp³-hybridized carbons (Fsp3) is 0.273. The van der Waals surface area contributed by atoms with Crippen LogP contribution < -0.4 is 0 Å². The third kappa shape index (κ3) is 3.20. The maximum absolute atomic E-state index is 11.5. The molecule has 0 unspecified atom stereocenters. The first kappa shape index (κ1) is 15.0. The van der Waals surface area contributed by atoms with E-state index in [0.29, 0.717) is 16.7 Å². The van der Waals surface area contributed by atoms with Crippen molar-refractivity contribution in [2.75, 3.05) is 20.4 Å². The fourth-order valence-corrected chi connectivity index (χ4v) is 2.46. The van der Waals surface area contributed by atoms with Gasteiger partial charge in [-0.15, -0.1) is 0 Å². The van der Waals surface area contributed by atoms with Crippen LogP contribution in [-0.4, -0.2) is 55.0 Å². The summed E-state index contributed by atoms with van der Waals surface area (Å²) < 4.78 is 23.8. The highest BCUT2D eigenvalue weighted by Crippen LogP contribution is 2.25. The van der Waals surface area contributed by atoms with Crippen molar-refractivity contribution in [1.82, 2.24) is 19.9 Å². The molecule has 2 aromatic rings. The highest BCUT2D eigenvalue weighted by atomic mass is 127. The number of hydrogen-bond acceptors (Lipinski definition) is 6. The molecular formula is C11H12IN5O2S. The zero-order valence-corrected chi connectivity index (χ0v) is 14.0. The van der Waals surface area contributed by atoms with Gasteiger partial charge in [0, 0.05) is 32.7 Å². The zero-order valence-electron chi connectivity index (χ0n) is 11.1. The van der Waals surface area contributed by atoms with Crippen LogP contribution in [0.15, 0.2) is 22.5 Å². The van der Waals surface area contributed by atoms with Crippen molar-refractivity contribution in [2.24, 2.45) is 4.99 Å². The number of sulfone groups is 1. The molecule has 0 saturated heterocycles. The number of nitrogens with zero attached hydrogens (tertiary/aromatic N) is 5. The standard InChI is InChI=1S/C11H12IN5O2S/c1-17(2)6-15-10-7-4-14-11(20(3,18)19)16-9(7)8(12)5-13-10/h4-6H,1-3H3/b15-6-. The van der Waals surface area contributed by atoms with Crippen molar-refractivity contribution in [1.29, 1.82) is 0 Å². The van der Waals surface area contributed by atoms with Gasteiger partial charge >= 0.3 is 0 Å². The lowest BCUT2D eigenvalue weighted by Crippen LogP contribution is -2.07. The van der Waals surface area contributed by atoms with Crippen LogP contribution in [-0.2, 0) is 9.84 Å². The van der Waals surface area contributed by atoms with E-state index in [9.17, 15) is 8.42 Å². The number of aromatic nitrogens is 3. The molecule has 0 atom stereocenters. The van der Waals surface area contributed by atoms with E-state index >= 15 is 0 Å². The summed E-state index contributed by atoms with van der Waals surface area (Å²) in [6.07, 6.45) is 5.73. The summed E-state index contributed by atoms with van der Waals surface area (Å²) in [7, 11) is 0.246. The van der Waals surface area contributed by atoms with Crippen LogP contribution in [0, 0.1) is 3.57 Å². The molecule has 0 bridgehead atoms. The Morgan fingerprint density at radius 3 is 2.60 bits per heavy atom. The van der Waals surface area contributed by atoms with Crippen molar-refractivity contribution in [3.8, 4) is 0 Å². The van der Waals surface area contributed by atoms with Crippen molar-refractivity contribution in [2.45, 2.75) is 5.16 Å². The van der Waals surface area contributed by atoms with Gasteiger partial charge in [0.1, 0.15) is 0 Å². The van der Waals surface area contributed by atoms with Gasteiger partial charge in [-0.3, -0.25) is 0 Å². The van der Waals surface area contributed by atoms with E-state index in [1.165, 1.54) is 6.20 Å². The van der Waals surface area contributed by atoms with Crippen LogP contribution in [0.1, 0.15) is 0 Å². The number of fused-ring (bicyclic) bond motifs is 1. The molecule has 2 aromatic heterocycles. The Balaban J connectivity index is 2.68. The van der Waals surface area contributed by atoms with Crippen LogP contribution in [0.2, 0.25) is 0 Å². The molecule has 0 saturated carbocycles. The number of aliphatic imine (C=N–C) groups is 1. The highest BCUT2D eigenvalue weighted by Gasteiger charge is 2.14. The largest absolute Gasteiger partial charge is 0.369 e. The lowest BCUT2D eigenvalue weighted by molar-refractivity contribution is 0.593. The molecule has 7 nitrogen and oxygen atoms in total. The second kappa shape index (κ2) is 5.56. The Morgan fingerprint density at radius 2 is 2.00 bits per heavy atom. The third-order valence-electron chi connectivity index (χ3n) is 2.28. The van der Waals surface area contributed by atoms with Gasteiger partial charge in [-0.1, -0.05) is 0 Å². The molecular weight excluding hydrogens is 393 g/mol. The summed E-state index contributed by atoms with van der Waals surface area (Å²) in [4.78, 5) is 18.2. The normalized spacial score (nSPS) is 12.2. The van der Waals surface area contributed by atoms with Crippen molar-refractivity contribution < 1.29 is 8.42 Å². The van der Waals surface area contributed by atoms with E-state index in [4.69, 9.17) is 0 Å². The molecule has 0 fully saturated rings. The molecule has 106 valence electrons. The van der Waals surface area contributed by atoms with E-state index in [-0.39, 0.29) is 5.16 Å². The number of rotatable bonds is 3. The molecule has 0 amide bonds. The number of hydrogen-bond donors (Lipinski definition) is 0. The molecule has 2 rings (SSSR count). The predicted molar refractivity (Wildman–Crippen MR) is 85.0 cm³/mol. The SMILES string of the molecule is CN(C)/C=N\c1ncc(I)c2nc(S(C)(=O)=O)ncc12. The molecule has 20 heavy (non-hydrogen) atoms. The quantitative estimate of drug-likeness (QED) is 0.331. The van der Waals surface area contributed by atoms with Crippen molar-refractivity contribution in [3.63, 3.8) is 0 Å². The molecule has 9 heteroatoms. The molecule has 0 spiro atoms. The molecule has 0 aromatic carbocycles. The van der Waals surface area contributed by atoms with Crippen LogP contribution >= 0.6 is 22.6 Å². The Hall–Kier alpha value is -1.36. The van der Waals surface area contributed by atoms with Gasteiger partial charge in [0.25, 0.3) is 0 Å². The first-order valence-electron chi connectivity index (χ1n) is 5.51. The average molecular weight is 405 g/mol. The minimum Gasteiger partial charge on any atom is -0.369 e. The monoisotopic (exact) mass is 405 g/mol. The summed E-state index contributed by atoms with van der Waals surface area (Å²) >= 11 is 2.05. The second-order valence-corrected chi connectivity index (χ2v) is 7.40. The van der Waals surface area contributed by atoms with E-state index in [1.807, 2.05) is 14.1 Å². The molecule has 0 aliphatic heterocycles. The van der Waals surface area contributed by atoms with Gasteiger partial charge in [-0.25, -0.2) is 28.4 Å². The summed E-state index contributed by atoms with van der Waals surface area (Å²) in [5, 5.41) is 0.416. The lowest BCUT2D eigenvalue weighted by Gasteiger charge is -2.06. The summed E-state index contributed by atoms with van der Waals surface area (Å²) in [6, 6.07) is 0. The summed E-state index contributed by atoms with van der Waals surface area (Å²) in [6.45, 7) is 0. The first-order valence-corrected chi connectivity index (χ1v) is 8.48. The maximum Gasteiger partial charge on any atom is 0.247 e.